The summed E-state index contributed by atoms with van der Waals surface area (Å²) in [5.41, 5.74) is -0.160. The quantitative estimate of drug-likeness (QED) is 0.724. The highest BCUT2D eigenvalue weighted by Gasteiger charge is 2.13. The van der Waals surface area contributed by atoms with Crippen LogP contribution in [0.1, 0.15) is 19.8 Å². The molecule has 0 aliphatic carbocycles. The number of carboxylic acid groups (broad SMARTS) is 1. The van der Waals surface area contributed by atoms with Crippen molar-refractivity contribution in [1.82, 2.24) is 5.32 Å². The predicted molar refractivity (Wildman–Crippen MR) is 77.1 cm³/mol. The first-order valence-electron chi connectivity index (χ1n) is 6.20. The van der Waals surface area contributed by atoms with Gasteiger partial charge in [-0.15, -0.1) is 0 Å². The molecule has 0 radical (unpaired) electrons. The lowest BCUT2D eigenvalue weighted by molar-refractivity contribution is -0.137. The molecule has 0 aliphatic rings. The van der Waals surface area contributed by atoms with Crippen molar-refractivity contribution in [3.8, 4) is 0 Å². The molecule has 1 aromatic rings. The second-order valence-electron chi connectivity index (χ2n) is 4.62. The molecule has 0 aliphatic heterocycles. The number of halogens is 3. The van der Waals surface area contributed by atoms with Crippen LogP contribution >= 0.6 is 15.9 Å². The van der Waals surface area contributed by atoms with Gasteiger partial charge in [-0.1, -0.05) is 6.92 Å². The molecular formula is C13H15BrF2N2O3. The molecule has 0 aromatic heterocycles. The monoisotopic (exact) mass is 364 g/mol. The van der Waals surface area contributed by atoms with Crippen molar-refractivity contribution in [1.29, 1.82) is 0 Å². The number of aliphatic carboxylic acids is 1. The topological polar surface area (TPSA) is 78.4 Å². The third kappa shape index (κ3) is 6.07. The van der Waals surface area contributed by atoms with E-state index < -0.39 is 23.6 Å². The number of carbonyl (C=O) groups is 2. The Hall–Kier alpha value is -1.70. The van der Waals surface area contributed by atoms with Gasteiger partial charge in [0.05, 0.1) is 5.69 Å². The Bertz CT molecular complexity index is 517. The summed E-state index contributed by atoms with van der Waals surface area (Å²) < 4.78 is 26.5. The second kappa shape index (κ2) is 7.92. The number of hydrogen-bond donors (Lipinski definition) is 3. The fourth-order valence-corrected chi connectivity index (χ4v) is 2.07. The van der Waals surface area contributed by atoms with Gasteiger partial charge >= 0.3 is 12.0 Å². The first kappa shape index (κ1) is 17.4. The molecule has 1 aromatic carbocycles. The molecule has 3 N–H and O–H groups in total. The molecular weight excluding hydrogens is 350 g/mol. The summed E-state index contributed by atoms with van der Waals surface area (Å²) in [6.07, 6.45) is 0.437. The van der Waals surface area contributed by atoms with Crippen LogP contribution in [0.15, 0.2) is 16.6 Å². The molecule has 0 saturated carbocycles. The first-order valence-corrected chi connectivity index (χ1v) is 7.00. The van der Waals surface area contributed by atoms with Crippen molar-refractivity contribution in [3.63, 3.8) is 0 Å². The van der Waals surface area contributed by atoms with Gasteiger partial charge in [-0.3, -0.25) is 4.79 Å². The summed E-state index contributed by atoms with van der Waals surface area (Å²) >= 11 is 2.96. The van der Waals surface area contributed by atoms with E-state index in [4.69, 9.17) is 5.11 Å². The van der Waals surface area contributed by atoms with Gasteiger partial charge < -0.3 is 15.7 Å². The summed E-state index contributed by atoms with van der Waals surface area (Å²) in [7, 11) is 0. The number of hydrogen-bond acceptors (Lipinski definition) is 2. The lowest BCUT2D eigenvalue weighted by Gasteiger charge is -2.13. The van der Waals surface area contributed by atoms with Crippen molar-refractivity contribution < 1.29 is 23.5 Å². The molecule has 5 nitrogen and oxygen atoms in total. The van der Waals surface area contributed by atoms with E-state index in [9.17, 15) is 18.4 Å². The molecule has 0 bridgehead atoms. The van der Waals surface area contributed by atoms with Gasteiger partial charge in [0.2, 0.25) is 0 Å². The summed E-state index contributed by atoms with van der Waals surface area (Å²) in [6.45, 7) is 2.04. The van der Waals surface area contributed by atoms with Gasteiger partial charge in [0.1, 0.15) is 5.82 Å². The Balaban J connectivity index is 2.49. The number of amides is 2. The number of benzene rings is 1. The van der Waals surface area contributed by atoms with Crippen LogP contribution in [0.5, 0.6) is 0 Å². The first-order chi connectivity index (χ1) is 9.79. The zero-order chi connectivity index (χ0) is 16.0. The molecule has 21 heavy (non-hydrogen) atoms. The zero-order valence-corrected chi connectivity index (χ0v) is 12.8. The SMILES string of the molecule is CC(CCC(=O)O)CNC(=O)Nc1c(F)cc(F)cc1Br. The van der Waals surface area contributed by atoms with Crippen LogP contribution in [0.4, 0.5) is 19.3 Å². The van der Waals surface area contributed by atoms with Gasteiger partial charge in [-0.2, -0.15) is 0 Å². The fraction of sp³-hybridized carbons (Fsp3) is 0.385. The Kier molecular flexibility index (Phi) is 6.54. The third-order valence-corrected chi connectivity index (χ3v) is 3.33. The smallest absolute Gasteiger partial charge is 0.319 e. The molecule has 1 atom stereocenters. The number of urea groups is 1. The highest BCUT2D eigenvalue weighted by atomic mass is 79.9. The van der Waals surface area contributed by atoms with E-state index in [2.05, 4.69) is 26.6 Å². The number of rotatable bonds is 6. The Morgan fingerprint density at radius 1 is 1.38 bits per heavy atom. The number of anilines is 1. The lowest BCUT2D eigenvalue weighted by Crippen LogP contribution is -2.33. The van der Waals surface area contributed by atoms with Crippen molar-refractivity contribution in [2.45, 2.75) is 19.8 Å². The maximum absolute atomic E-state index is 13.5. The molecule has 0 heterocycles. The maximum Gasteiger partial charge on any atom is 0.319 e. The van der Waals surface area contributed by atoms with E-state index in [1.165, 1.54) is 0 Å². The molecule has 0 fully saturated rings. The van der Waals surface area contributed by atoms with Crippen LogP contribution < -0.4 is 10.6 Å². The van der Waals surface area contributed by atoms with Gasteiger partial charge in [0, 0.05) is 23.5 Å². The minimum Gasteiger partial charge on any atom is -0.481 e. The van der Waals surface area contributed by atoms with Gasteiger partial charge in [-0.05, 0) is 34.3 Å². The second-order valence-corrected chi connectivity index (χ2v) is 5.47. The molecule has 2 amide bonds. The highest BCUT2D eigenvalue weighted by molar-refractivity contribution is 9.10. The molecule has 0 spiro atoms. The highest BCUT2D eigenvalue weighted by Crippen LogP contribution is 2.26. The predicted octanol–water partition coefficient (Wildman–Crippen LogP) is 3.35. The van der Waals surface area contributed by atoms with Crippen LogP contribution in [0.25, 0.3) is 0 Å². The lowest BCUT2D eigenvalue weighted by atomic mass is 10.1. The maximum atomic E-state index is 13.5. The number of nitrogens with one attached hydrogen (secondary N) is 2. The summed E-state index contributed by atoms with van der Waals surface area (Å²) in [5.74, 6) is -2.58. The van der Waals surface area contributed by atoms with Crippen molar-refractivity contribution in [2.75, 3.05) is 11.9 Å². The molecule has 1 unspecified atom stereocenters. The van der Waals surface area contributed by atoms with Crippen molar-refractivity contribution in [2.24, 2.45) is 5.92 Å². The molecule has 8 heteroatoms. The Labute approximate surface area is 128 Å². The van der Waals surface area contributed by atoms with E-state index in [1.54, 1.807) is 6.92 Å². The van der Waals surface area contributed by atoms with Crippen LogP contribution in [0, 0.1) is 17.6 Å². The minimum atomic E-state index is -0.899. The number of carboxylic acids is 1. The average molecular weight is 365 g/mol. The van der Waals surface area contributed by atoms with Crippen LogP contribution in [0.3, 0.4) is 0 Å². The molecule has 0 saturated heterocycles. The zero-order valence-electron chi connectivity index (χ0n) is 11.3. The summed E-state index contributed by atoms with van der Waals surface area (Å²) in [4.78, 5) is 22.0. The largest absolute Gasteiger partial charge is 0.481 e. The van der Waals surface area contributed by atoms with E-state index in [0.29, 0.717) is 12.5 Å². The van der Waals surface area contributed by atoms with Crippen molar-refractivity contribution in [3.05, 3.63) is 28.2 Å². The summed E-state index contributed by atoms with van der Waals surface area (Å²) in [5, 5.41) is 13.3. The van der Waals surface area contributed by atoms with E-state index in [-0.39, 0.29) is 29.0 Å². The third-order valence-electron chi connectivity index (χ3n) is 2.71. The van der Waals surface area contributed by atoms with Crippen LogP contribution in [-0.2, 0) is 4.79 Å². The Morgan fingerprint density at radius 3 is 2.62 bits per heavy atom. The molecule has 1 rings (SSSR count). The van der Waals surface area contributed by atoms with E-state index in [1.807, 2.05) is 0 Å². The van der Waals surface area contributed by atoms with Gasteiger partial charge in [-0.25, -0.2) is 13.6 Å². The fourth-order valence-electron chi connectivity index (χ4n) is 1.56. The minimum absolute atomic E-state index is 0.0165. The normalized spacial score (nSPS) is 11.8. The van der Waals surface area contributed by atoms with Gasteiger partial charge in [0.15, 0.2) is 5.82 Å². The van der Waals surface area contributed by atoms with E-state index >= 15 is 0 Å². The Morgan fingerprint density at radius 2 is 2.05 bits per heavy atom. The van der Waals surface area contributed by atoms with E-state index in [0.717, 1.165) is 6.07 Å². The van der Waals surface area contributed by atoms with Gasteiger partial charge in [0.25, 0.3) is 0 Å². The van der Waals surface area contributed by atoms with Crippen LogP contribution in [0.2, 0.25) is 0 Å². The number of carbonyl (C=O) groups excluding carboxylic acids is 1. The average Bonchev–Trinajstić information content (AvgIpc) is 2.38. The van der Waals surface area contributed by atoms with Crippen molar-refractivity contribution >= 4 is 33.6 Å². The summed E-state index contributed by atoms with van der Waals surface area (Å²) in [6, 6.07) is 1.05. The standard InChI is InChI=1S/C13H15BrF2N2O3/c1-7(2-3-11(19)20)6-17-13(21)18-12-9(14)4-8(15)5-10(12)16/h4-5,7H,2-3,6H2,1H3,(H,19,20)(H2,17,18,21). The molecule has 116 valence electrons. The van der Waals surface area contributed by atoms with Crippen LogP contribution in [-0.4, -0.2) is 23.7 Å².